The summed E-state index contributed by atoms with van der Waals surface area (Å²) in [6.45, 7) is 0. The van der Waals surface area contributed by atoms with Gasteiger partial charge in [0.15, 0.2) is 11.5 Å². The average molecular weight is 458 g/mol. The number of carboxylic acids is 1. The number of carboxylic acid groups (broad SMARTS) is 1. The number of hydrogen-bond donors (Lipinski definition) is 8. The maximum Gasteiger partial charge on any atom is 0.326 e. The lowest BCUT2D eigenvalue weighted by Gasteiger charge is -2.13. The Morgan fingerprint density at radius 1 is 1.18 bits per heavy atom. The van der Waals surface area contributed by atoms with Gasteiger partial charge in [0.05, 0.1) is 11.9 Å². The highest BCUT2D eigenvalue weighted by Crippen LogP contribution is 2.12. The van der Waals surface area contributed by atoms with E-state index < -0.39 is 29.5 Å². The Bertz CT molecular complexity index is 1210. The van der Waals surface area contributed by atoms with E-state index in [9.17, 15) is 24.3 Å². The lowest BCUT2D eigenvalue weighted by Crippen LogP contribution is -2.41. The van der Waals surface area contributed by atoms with Gasteiger partial charge in [0, 0.05) is 6.42 Å². The maximum absolute atomic E-state index is 12.3. The number of nitrogens with two attached hydrogens (primary N) is 2. The summed E-state index contributed by atoms with van der Waals surface area (Å²) in [5, 5.41) is 29.2. The summed E-state index contributed by atoms with van der Waals surface area (Å²) in [7, 11) is 0. The maximum atomic E-state index is 12.3. The van der Waals surface area contributed by atoms with Crippen molar-refractivity contribution in [3.63, 3.8) is 0 Å². The lowest BCUT2D eigenvalue weighted by atomic mass is 10.1. The highest BCUT2D eigenvalue weighted by Gasteiger charge is 2.22. The molecule has 0 aromatic carbocycles. The Balaban J connectivity index is 1.58. The number of tetrazole rings is 1. The first-order chi connectivity index (χ1) is 15.7. The Morgan fingerprint density at radius 3 is 2.58 bits per heavy atom. The van der Waals surface area contributed by atoms with Crippen molar-refractivity contribution in [1.29, 1.82) is 0 Å². The molecule has 17 nitrogen and oxygen atoms in total. The predicted molar refractivity (Wildman–Crippen MR) is 112 cm³/mol. The summed E-state index contributed by atoms with van der Waals surface area (Å²) in [6, 6.07) is 0.596. The van der Waals surface area contributed by atoms with Crippen molar-refractivity contribution >= 4 is 41.0 Å². The highest BCUT2D eigenvalue weighted by atomic mass is 16.4. The second-order valence-corrected chi connectivity index (χ2v) is 6.47. The molecule has 3 aromatic heterocycles. The molecule has 3 rings (SSSR count). The number of anilines is 4. The number of urea groups is 1. The number of aryl methyl sites for hydroxylation is 1. The van der Waals surface area contributed by atoms with Crippen molar-refractivity contribution < 1.29 is 19.5 Å². The number of H-pyrrole nitrogens is 2. The van der Waals surface area contributed by atoms with Gasteiger partial charge in [0.2, 0.25) is 5.95 Å². The zero-order chi connectivity index (χ0) is 24.0. The Hall–Kier alpha value is -5.09. The van der Waals surface area contributed by atoms with Crippen molar-refractivity contribution in [3.05, 3.63) is 40.2 Å². The third kappa shape index (κ3) is 5.96. The summed E-state index contributed by atoms with van der Waals surface area (Å²) in [5.74, 6) is -2.08. The fraction of sp³-hybridized carbons (Fsp3) is 0.188. The normalized spacial score (nSPS) is 11.4. The molecule has 0 unspecified atom stereocenters. The standard InChI is InChI=1S/C16H18N12O5/c17-11-10(13(30)24-15(18)23-11)22-16(33)20-6-1-2-7(19-5-6)12(29)21-8(14(31)32)3-4-9-25-27-28-26-9/h1-2,5,8H,3-4H2,(H,21,29)(H,31,32)(H2,20,22,33)(H,25,26,27,28)(H5,17,18,23,24,30)/t8-/m0/s1. The molecular formula is C16H18N12O5. The van der Waals surface area contributed by atoms with E-state index in [4.69, 9.17) is 11.5 Å². The minimum absolute atomic E-state index is 0.0417. The van der Waals surface area contributed by atoms with Crippen LogP contribution >= 0.6 is 0 Å². The molecule has 172 valence electrons. The number of aromatic amines is 2. The summed E-state index contributed by atoms with van der Waals surface area (Å²) in [4.78, 5) is 57.4. The minimum atomic E-state index is -1.24. The first-order valence-corrected chi connectivity index (χ1v) is 9.18. The number of nitrogen functional groups attached to an aromatic ring is 2. The first kappa shape index (κ1) is 22.6. The van der Waals surface area contributed by atoms with Gasteiger partial charge in [0.1, 0.15) is 17.6 Å². The third-order valence-electron chi connectivity index (χ3n) is 4.12. The largest absolute Gasteiger partial charge is 0.480 e. The lowest BCUT2D eigenvalue weighted by molar-refractivity contribution is -0.139. The van der Waals surface area contributed by atoms with E-state index >= 15 is 0 Å². The van der Waals surface area contributed by atoms with Crippen molar-refractivity contribution in [2.24, 2.45) is 0 Å². The van der Waals surface area contributed by atoms with Crippen LogP contribution in [0.3, 0.4) is 0 Å². The Labute approximate surface area is 183 Å². The Morgan fingerprint density at radius 2 is 1.97 bits per heavy atom. The zero-order valence-electron chi connectivity index (χ0n) is 16.7. The average Bonchev–Trinajstić information content (AvgIpc) is 3.27. The van der Waals surface area contributed by atoms with Gasteiger partial charge in [-0.3, -0.25) is 19.9 Å². The number of carbonyl (C=O) groups is 3. The van der Waals surface area contributed by atoms with Crippen LogP contribution < -0.4 is 33.0 Å². The smallest absolute Gasteiger partial charge is 0.326 e. The number of amides is 3. The van der Waals surface area contributed by atoms with Gasteiger partial charge in [0.25, 0.3) is 11.5 Å². The predicted octanol–water partition coefficient (Wildman–Crippen LogP) is -1.70. The third-order valence-corrected chi connectivity index (χ3v) is 4.12. The van der Waals surface area contributed by atoms with Gasteiger partial charge in [-0.2, -0.15) is 4.98 Å². The number of rotatable bonds is 8. The van der Waals surface area contributed by atoms with Crippen LogP contribution in [-0.2, 0) is 11.2 Å². The summed E-state index contributed by atoms with van der Waals surface area (Å²) in [6.07, 6.45) is 1.41. The SMILES string of the molecule is Nc1nc(N)c(NC(=O)Nc2ccc(C(=O)N[C@@H](CCc3nnn[nH]3)C(=O)O)nc2)c(=O)[nH]1. The molecule has 0 radical (unpaired) electrons. The van der Waals surface area contributed by atoms with Gasteiger partial charge >= 0.3 is 12.0 Å². The fourth-order valence-corrected chi connectivity index (χ4v) is 2.56. The van der Waals surface area contributed by atoms with E-state index in [0.29, 0.717) is 5.82 Å². The van der Waals surface area contributed by atoms with E-state index in [0.717, 1.165) is 0 Å². The number of aliphatic carboxylic acids is 1. The number of pyridine rings is 1. The van der Waals surface area contributed by atoms with E-state index in [-0.39, 0.29) is 41.7 Å². The summed E-state index contributed by atoms with van der Waals surface area (Å²) in [5.41, 5.74) is 9.96. The van der Waals surface area contributed by atoms with E-state index in [2.05, 4.69) is 51.5 Å². The summed E-state index contributed by atoms with van der Waals surface area (Å²) < 4.78 is 0. The fourth-order valence-electron chi connectivity index (χ4n) is 2.56. The molecule has 0 aliphatic carbocycles. The van der Waals surface area contributed by atoms with Crippen LogP contribution in [0.1, 0.15) is 22.7 Å². The summed E-state index contributed by atoms with van der Waals surface area (Å²) >= 11 is 0. The second-order valence-electron chi connectivity index (χ2n) is 6.47. The van der Waals surface area contributed by atoms with Gasteiger partial charge < -0.3 is 27.2 Å². The first-order valence-electron chi connectivity index (χ1n) is 9.18. The second kappa shape index (κ2) is 9.81. The van der Waals surface area contributed by atoms with Gasteiger partial charge in [-0.1, -0.05) is 0 Å². The molecule has 33 heavy (non-hydrogen) atoms. The molecule has 0 aliphatic rings. The molecule has 3 aromatic rings. The number of hydrogen-bond acceptors (Lipinski definition) is 11. The van der Waals surface area contributed by atoms with E-state index in [1.165, 1.54) is 18.3 Å². The molecule has 0 spiro atoms. The zero-order valence-corrected chi connectivity index (χ0v) is 16.7. The number of carbonyl (C=O) groups excluding carboxylic acids is 2. The van der Waals surface area contributed by atoms with Crippen LogP contribution in [-0.4, -0.2) is 64.6 Å². The van der Waals surface area contributed by atoms with Crippen molar-refractivity contribution in [2.45, 2.75) is 18.9 Å². The number of nitrogens with zero attached hydrogens (tertiary/aromatic N) is 5. The van der Waals surface area contributed by atoms with Gasteiger partial charge in [-0.05, 0) is 29.0 Å². The van der Waals surface area contributed by atoms with Crippen LogP contribution in [0.5, 0.6) is 0 Å². The van der Waals surface area contributed by atoms with Crippen LogP contribution in [0.2, 0.25) is 0 Å². The van der Waals surface area contributed by atoms with E-state index in [1.54, 1.807) is 0 Å². The quantitative estimate of drug-likeness (QED) is 0.187. The van der Waals surface area contributed by atoms with Gasteiger partial charge in [-0.25, -0.2) is 19.7 Å². The highest BCUT2D eigenvalue weighted by molar-refractivity contribution is 6.01. The molecule has 3 heterocycles. The molecular weight excluding hydrogens is 440 g/mol. The molecule has 0 fully saturated rings. The molecule has 0 aliphatic heterocycles. The molecule has 3 amide bonds. The molecule has 0 bridgehead atoms. The van der Waals surface area contributed by atoms with Crippen molar-refractivity contribution in [3.8, 4) is 0 Å². The molecule has 10 N–H and O–H groups in total. The topological polar surface area (TPSA) is 273 Å². The van der Waals surface area contributed by atoms with Crippen LogP contribution in [0.25, 0.3) is 0 Å². The van der Waals surface area contributed by atoms with E-state index in [1.807, 2.05) is 0 Å². The number of nitrogens with one attached hydrogen (secondary N) is 5. The van der Waals surface area contributed by atoms with Crippen molar-refractivity contribution in [1.82, 2.24) is 40.9 Å². The van der Waals surface area contributed by atoms with Crippen LogP contribution in [0, 0.1) is 0 Å². The molecule has 0 saturated heterocycles. The van der Waals surface area contributed by atoms with Crippen molar-refractivity contribution in [2.75, 3.05) is 22.1 Å². The molecule has 17 heteroatoms. The minimum Gasteiger partial charge on any atom is -0.480 e. The van der Waals surface area contributed by atoms with Crippen LogP contribution in [0.4, 0.5) is 27.9 Å². The monoisotopic (exact) mass is 458 g/mol. The van der Waals surface area contributed by atoms with Gasteiger partial charge in [-0.15, -0.1) is 5.10 Å². The number of aromatic nitrogens is 7. The Kier molecular flexibility index (Phi) is 6.72. The molecule has 1 atom stereocenters. The van der Waals surface area contributed by atoms with Crippen LogP contribution in [0.15, 0.2) is 23.1 Å². The molecule has 0 saturated carbocycles.